The maximum Gasteiger partial charge on any atom is 0.138 e. The molecule has 2 unspecified atom stereocenters. The summed E-state index contributed by atoms with van der Waals surface area (Å²) in [5, 5.41) is 4.04. The van der Waals surface area contributed by atoms with Gasteiger partial charge in [0.1, 0.15) is 10.0 Å². The van der Waals surface area contributed by atoms with Crippen molar-refractivity contribution in [1.82, 2.24) is 14.5 Å². The number of ether oxygens (including phenoxy) is 1. The summed E-state index contributed by atoms with van der Waals surface area (Å²) in [7, 11) is 1.76. The Labute approximate surface area is 110 Å². The van der Waals surface area contributed by atoms with E-state index in [1.54, 1.807) is 7.11 Å². The van der Waals surface area contributed by atoms with Crippen LogP contribution in [0.4, 0.5) is 0 Å². The fourth-order valence-corrected chi connectivity index (χ4v) is 2.83. The van der Waals surface area contributed by atoms with Gasteiger partial charge in [-0.25, -0.2) is 0 Å². The van der Waals surface area contributed by atoms with Crippen molar-refractivity contribution in [1.29, 1.82) is 0 Å². The summed E-state index contributed by atoms with van der Waals surface area (Å²) in [6, 6.07) is 0.339. The fourth-order valence-electron chi connectivity index (χ4n) is 2.21. The lowest BCUT2D eigenvalue weighted by Gasteiger charge is -2.38. The predicted octanol–water partition coefficient (Wildman–Crippen LogP) is 1.13. The Morgan fingerprint density at radius 1 is 1.65 bits per heavy atom. The van der Waals surface area contributed by atoms with Crippen LogP contribution in [0.5, 0.6) is 0 Å². The van der Waals surface area contributed by atoms with Crippen molar-refractivity contribution in [2.75, 3.05) is 20.2 Å². The molecule has 1 aliphatic heterocycles. The highest BCUT2D eigenvalue weighted by Gasteiger charge is 2.28. The Hall–Kier alpha value is -0.270. The highest BCUT2D eigenvalue weighted by molar-refractivity contribution is 7.10. The van der Waals surface area contributed by atoms with Gasteiger partial charge in [0.2, 0.25) is 0 Å². The maximum atomic E-state index is 6.02. The molecule has 1 saturated heterocycles. The van der Waals surface area contributed by atoms with E-state index in [2.05, 4.69) is 14.5 Å². The van der Waals surface area contributed by atoms with Gasteiger partial charge in [-0.2, -0.15) is 0 Å². The average molecular weight is 277 g/mol. The third-order valence-electron chi connectivity index (χ3n) is 3.26. The van der Waals surface area contributed by atoms with E-state index < -0.39 is 0 Å². The molecule has 1 aromatic heterocycles. The highest BCUT2D eigenvalue weighted by Crippen LogP contribution is 2.24. The molecule has 0 saturated carbocycles. The van der Waals surface area contributed by atoms with Gasteiger partial charge in [0.05, 0.1) is 6.10 Å². The number of rotatable bonds is 4. The van der Waals surface area contributed by atoms with Crippen LogP contribution in [-0.2, 0) is 11.3 Å². The van der Waals surface area contributed by atoms with Gasteiger partial charge in [-0.1, -0.05) is 16.1 Å². The first kappa shape index (κ1) is 13.2. The standard InChI is InChI=1S/C10H17ClN4OS/c1-16-8-2-3-15(7(4-8)5-12)6-9-10(11)17-14-13-9/h7-8H,2-6,12H2,1H3. The van der Waals surface area contributed by atoms with Crippen molar-refractivity contribution in [2.45, 2.75) is 31.5 Å². The Balaban J connectivity index is 1.98. The summed E-state index contributed by atoms with van der Waals surface area (Å²) in [6.45, 7) is 2.33. The molecule has 2 atom stereocenters. The lowest BCUT2D eigenvalue weighted by atomic mass is 9.99. The minimum absolute atomic E-state index is 0.323. The van der Waals surface area contributed by atoms with E-state index in [-0.39, 0.29) is 0 Å². The van der Waals surface area contributed by atoms with Crippen LogP contribution >= 0.6 is 23.1 Å². The zero-order valence-corrected chi connectivity index (χ0v) is 11.4. The molecule has 0 amide bonds. The number of nitrogens with two attached hydrogens (primary N) is 1. The lowest BCUT2D eigenvalue weighted by Crippen LogP contribution is -2.48. The van der Waals surface area contributed by atoms with Crippen molar-refractivity contribution in [3.63, 3.8) is 0 Å². The van der Waals surface area contributed by atoms with Crippen LogP contribution in [0.15, 0.2) is 0 Å². The third kappa shape index (κ3) is 3.14. The molecule has 96 valence electrons. The van der Waals surface area contributed by atoms with Gasteiger partial charge in [0.15, 0.2) is 0 Å². The van der Waals surface area contributed by atoms with Crippen molar-refractivity contribution >= 4 is 23.1 Å². The van der Waals surface area contributed by atoms with Gasteiger partial charge < -0.3 is 10.5 Å². The van der Waals surface area contributed by atoms with Crippen LogP contribution in [0.3, 0.4) is 0 Å². The maximum absolute atomic E-state index is 6.02. The van der Waals surface area contributed by atoms with E-state index in [9.17, 15) is 0 Å². The first-order chi connectivity index (χ1) is 8.24. The number of nitrogens with zero attached hydrogens (tertiary/aromatic N) is 3. The zero-order chi connectivity index (χ0) is 12.3. The zero-order valence-electron chi connectivity index (χ0n) is 9.80. The number of hydrogen-bond acceptors (Lipinski definition) is 6. The molecule has 1 aliphatic rings. The molecule has 1 fully saturated rings. The van der Waals surface area contributed by atoms with E-state index >= 15 is 0 Å². The molecule has 0 aliphatic carbocycles. The second kappa shape index (κ2) is 6.06. The molecule has 0 bridgehead atoms. The average Bonchev–Trinajstić information content (AvgIpc) is 2.75. The van der Waals surface area contributed by atoms with E-state index in [1.807, 2.05) is 0 Å². The van der Waals surface area contributed by atoms with Crippen molar-refractivity contribution in [3.05, 3.63) is 10.0 Å². The van der Waals surface area contributed by atoms with Crippen LogP contribution in [0.2, 0.25) is 4.34 Å². The minimum Gasteiger partial charge on any atom is -0.381 e. The fraction of sp³-hybridized carbons (Fsp3) is 0.800. The second-order valence-corrected chi connectivity index (χ2v) is 5.59. The number of hydrogen-bond donors (Lipinski definition) is 1. The van der Waals surface area contributed by atoms with Crippen molar-refractivity contribution in [3.8, 4) is 0 Å². The summed E-state index contributed by atoms with van der Waals surface area (Å²) < 4.78 is 9.92. The molecule has 2 N–H and O–H groups in total. The second-order valence-electron chi connectivity index (χ2n) is 4.24. The Morgan fingerprint density at radius 2 is 2.47 bits per heavy atom. The molecule has 2 heterocycles. The van der Waals surface area contributed by atoms with E-state index in [0.29, 0.717) is 23.0 Å². The monoisotopic (exact) mass is 276 g/mol. The number of likely N-dealkylation sites (tertiary alicyclic amines) is 1. The Kier molecular flexibility index (Phi) is 4.69. The Morgan fingerprint density at radius 3 is 3.06 bits per heavy atom. The van der Waals surface area contributed by atoms with Crippen LogP contribution < -0.4 is 5.73 Å². The molecule has 7 heteroatoms. The van der Waals surface area contributed by atoms with Crippen LogP contribution in [0.25, 0.3) is 0 Å². The van der Waals surface area contributed by atoms with Crippen molar-refractivity contribution < 1.29 is 4.74 Å². The summed E-state index contributed by atoms with van der Waals surface area (Å²) in [5.74, 6) is 0. The number of piperidine rings is 1. The normalized spacial score (nSPS) is 26.3. The Bertz CT molecular complexity index is 362. The lowest BCUT2D eigenvalue weighted by molar-refractivity contribution is 0.00979. The molecular weight excluding hydrogens is 260 g/mol. The molecule has 17 heavy (non-hydrogen) atoms. The summed E-state index contributed by atoms with van der Waals surface area (Å²) in [5.41, 5.74) is 6.67. The smallest absolute Gasteiger partial charge is 0.138 e. The van der Waals surface area contributed by atoms with Gasteiger partial charge in [-0.15, -0.1) is 5.10 Å². The molecule has 2 rings (SSSR count). The highest BCUT2D eigenvalue weighted by atomic mass is 35.5. The third-order valence-corrected chi connectivity index (χ3v) is 4.24. The van der Waals surface area contributed by atoms with Gasteiger partial charge >= 0.3 is 0 Å². The molecule has 0 radical (unpaired) electrons. The van der Waals surface area contributed by atoms with Gasteiger partial charge in [0.25, 0.3) is 0 Å². The topological polar surface area (TPSA) is 64.3 Å². The number of halogens is 1. The van der Waals surface area contributed by atoms with Gasteiger partial charge in [0, 0.05) is 44.3 Å². The van der Waals surface area contributed by atoms with E-state index in [1.165, 1.54) is 11.5 Å². The van der Waals surface area contributed by atoms with Crippen LogP contribution in [-0.4, -0.2) is 46.8 Å². The number of aromatic nitrogens is 2. The summed E-state index contributed by atoms with van der Waals surface area (Å²) >= 11 is 7.25. The van der Waals surface area contributed by atoms with E-state index in [0.717, 1.165) is 31.6 Å². The quantitative estimate of drug-likeness (QED) is 0.893. The first-order valence-electron chi connectivity index (χ1n) is 5.68. The van der Waals surface area contributed by atoms with Gasteiger partial charge in [-0.3, -0.25) is 4.90 Å². The first-order valence-corrected chi connectivity index (χ1v) is 6.83. The predicted molar refractivity (Wildman–Crippen MR) is 68.2 cm³/mol. The molecular formula is C10H17ClN4OS. The summed E-state index contributed by atoms with van der Waals surface area (Å²) in [6.07, 6.45) is 2.33. The van der Waals surface area contributed by atoms with Gasteiger partial charge in [-0.05, 0) is 12.8 Å². The number of methoxy groups -OCH3 is 1. The van der Waals surface area contributed by atoms with Crippen molar-refractivity contribution in [2.24, 2.45) is 5.73 Å². The van der Waals surface area contributed by atoms with Crippen LogP contribution in [0.1, 0.15) is 18.5 Å². The molecule has 0 spiro atoms. The molecule has 5 nitrogen and oxygen atoms in total. The SMILES string of the molecule is COC1CCN(Cc2nnsc2Cl)C(CN)C1. The minimum atomic E-state index is 0.323. The molecule has 1 aromatic rings. The van der Waals surface area contributed by atoms with E-state index in [4.69, 9.17) is 22.1 Å². The summed E-state index contributed by atoms with van der Waals surface area (Å²) in [4.78, 5) is 2.32. The largest absolute Gasteiger partial charge is 0.381 e. The molecule has 0 aromatic carbocycles. The van der Waals surface area contributed by atoms with Crippen LogP contribution in [0, 0.1) is 0 Å².